The Morgan fingerprint density at radius 3 is 2.03 bits per heavy atom. The Morgan fingerprint density at radius 2 is 1.54 bits per heavy atom. The smallest absolute Gasteiger partial charge is 0.407 e. The van der Waals surface area contributed by atoms with E-state index in [4.69, 9.17) is 4.74 Å². The maximum atomic E-state index is 13.1. The molecule has 2 atom stereocenters. The lowest BCUT2D eigenvalue weighted by Crippen LogP contribution is -2.55. The number of ether oxygens (including phenoxy) is 1. The van der Waals surface area contributed by atoms with Crippen LogP contribution in [0.3, 0.4) is 0 Å². The largest absolute Gasteiger partial charge is 0.480 e. The standard InChI is InChI=1S/C25H25F3N2O5/c26-25(27,28)12-20(22(31)30-21(23(32)33)14-6-5-7-14)29-24(34)35-13-19-17-10-3-1-8-15(17)16-9-2-4-11-18(16)19/h1-4,8-11,14,19-21H,5-7,12-13H2,(H,29,34)(H,30,31)(H,32,33). The van der Waals surface area contributed by atoms with Crippen LogP contribution in [0, 0.1) is 5.92 Å². The van der Waals surface area contributed by atoms with E-state index in [0.29, 0.717) is 12.8 Å². The lowest BCUT2D eigenvalue weighted by molar-refractivity contribution is -0.151. The van der Waals surface area contributed by atoms with Crippen LogP contribution in [0.5, 0.6) is 0 Å². The van der Waals surface area contributed by atoms with Crippen molar-refractivity contribution in [3.8, 4) is 11.1 Å². The molecule has 0 aromatic heterocycles. The molecule has 2 unspecified atom stereocenters. The average Bonchev–Trinajstić information content (AvgIpc) is 3.08. The molecule has 4 rings (SSSR count). The third-order valence-electron chi connectivity index (χ3n) is 6.57. The van der Waals surface area contributed by atoms with E-state index in [-0.39, 0.29) is 18.4 Å². The van der Waals surface area contributed by atoms with Crippen LogP contribution in [0.15, 0.2) is 48.5 Å². The lowest BCUT2D eigenvalue weighted by Gasteiger charge is -2.32. The van der Waals surface area contributed by atoms with Gasteiger partial charge in [-0.25, -0.2) is 9.59 Å². The normalized spacial score (nSPS) is 16.9. The van der Waals surface area contributed by atoms with Gasteiger partial charge in [-0.3, -0.25) is 4.79 Å². The van der Waals surface area contributed by atoms with E-state index in [1.54, 1.807) is 0 Å². The number of carbonyl (C=O) groups is 3. The zero-order valence-corrected chi connectivity index (χ0v) is 18.7. The van der Waals surface area contributed by atoms with Crippen molar-refractivity contribution in [2.24, 2.45) is 5.92 Å². The highest BCUT2D eigenvalue weighted by Crippen LogP contribution is 2.44. The molecule has 3 N–H and O–H groups in total. The highest BCUT2D eigenvalue weighted by atomic mass is 19.4. The second-order valence-electron chi connectivity index (χ2n) is 8.86. The number of alkyl carbamates (subject to hydrolysis) is 1. The molecule has 1 fully saturated rings. The van der Waals surface area contributed by atoms with Crippen molar-refractivity contribution in [1.29, 1.82) is 0 Å². The zero-order valence-electron chi connectivity index (χ0n) is 18.7. The topological polar surface area (TPSA) is 105 Å². The number of carbonyl (C=O) groups excluding carboxylic acids is 2. The summed E-state index contributed by atoms with van der Waals surface area (Å²) >= 11 is 0. The predicted molar refractivity (Wildman–Crippen MR) is 120 cm³/mol. The summed E-state index contributed by atoms with van der Waals surface area (Å²) in [7, 11) is 0. The van der Waals surface area contributed by atoms with Gasteiger partial charge in [0.2, 0.25) is 5.91 Å². The van der Waals surface area contributed by atoms with E-state index in [0.717, 1.165) is 28.7 Å². The molecule has 0 spiro atoms. The Balaban J connectivity index is 1.43. The second-order valence-corrected chi connectivity index (χ2v) is 8.86. The number of fused-ring (bicyclic) bond motifs is 3. The molecule has 1 saturated carbocycles. The van der Waals surface area contributed by atoms with Crippen molar-refractivity contribution in [3.63, 3.8) is 0 Å². The molecule has 186 valence electrons. The molecule has 2 aliphatic carbocycles. The third-order valence-corrected chi connectivity index (χ3v) is 6.57. The summed E-state index contributed by atoms with van der Waals surface area (Å²) in [5, 5.41) is 13.5. The molecular formula is C25H25F3N2O5. The number of nitrogens with one attached hydrogen (secondary N) is 2. The number of alkyl halides is 3. The van der Waals surface area contributed by atoms with Crippen molar-refractivity contribution in [2.75, 3.05) is 6.61 Å². The Morgan fingerprint density at radius 1 is 0.971 bits per heavy atom. The minimum atomic E-state index is -4.77. The number of benzene rings is 2. The SMILES string of the molecule is O=C(NC(CC(F)(F)F)C(=O)NC(C(=O)O)C1CCC1)OCC1c2ccccc2-c2ccccc21. The first-order valence-electron chi connectivity index (χ1n) is 11.4. The van der Waals surface area contributed by atoms with E-state index < -0.39 is 42.7 Å². The minimum Gasteiger partial charge on any atom is -0.480 e. The van der Waals surface area contributed by atoms with E-state index >= 15 is 0 Å². The molecule has 2 aliphatic rings. The first kappa shape index (κ1) is 24.6. The van der Waals surface area contributed by atoms with Gasteiger partial charge in [0, 0.05) is 5.92 Å². The summed E-state index contributed by atoms with van der Waals surface area (Å²) in [6.07, 6.45) is -5.71. The Bertz CT molecular complexity index is 1070. The summed E-state index contributed by atoms with van der Waals surface area (Å²) in [4.78, 5) is 36.5. The fraction of sp³-hybridized carbons (Fsp3) is 0.400. The van der Waals surface area contributed by atoms with Crippen LogP contribution in [0.2, 0.25) is 0 Å². The van der Waals surface area contributed by atoms with Gasteiger partial charge < -0.3 is 20.5 Å². The maximum Gasteiger partial charge on any atom is 0.407 e. The lowest BCUT2D eigenvalue weighted by atomic mass is 9.79. The molecule has 10 heteroatoms. The summed E-state index contributed by atoms with van der Waals surface area (Å²) in [6, 6.07) is 11.8. The van der Waals surface area contributed by atoms with Gasteiger partial charge in [-0.2, -0.15) is 13.2 Å². The number of carboxylic acid groups (broad SMARTS) is 1. The Labute approximate surface area is 199 Å². The summed E-state index contributed by atoms with van der Waals surface area (Å²) in [5.74, 6) is -3.19. The van der Waals surface area contributed by atoms with Crippen LogP contribution in [0.1, 0.15) is 42.7 Å². The molecule has 0 saturated heterocycles. The quantitative estimate of drug-likeness (QED) is 0.514. The maximum absolute atomic E-state index is 13.1. The van der Waals surface area contributed by atoms with Gasteiger partial charge in [-0.1, -0.05) is 55.0 Å². The fourth-order valence-electron chi connectivity index (χ4n) is 4.63. The Hall–Kier alpha value is -3.56. The van der Waals surface area contributed by atoms with Crippen molar-refractivity contribution in [3.05, 3.63) is 59.7 Å². The average molecular weight is 490 g/mol. The highest BCUT2D eigenvalue weighted by molar-refractivity contribution is 5.89. The van der Waals surface area contributed by atoms with Gasteiger partial charge in [-0.05, 0) is 41.0 Å². The van der Waals surface area contributed by atoms with Crippen LogP contribution in [-0.2, 0) is 14.3 Å². The molecule has 35 heavy (non-hydrogen) atoms. The Kier molecular flexibility index (Phi) is 7.00. The monoisotopic (exact) mass is 490 g/mol. The molecule has 7 nitrogen and oxygen atoms in total. The fourth-order valence-corrected chi connectivity index (χ4v) is 4.63. The van der Waals surface area contributed by atoms with E-state index in [2.05, 4.69) is 5.32 Å². The number of carboxylic acids is 1. The van der Waals surface area contributed by atoms with Gasteiger partial charge >= 0.3 is 18.2 Å². The van der Waals surface area contributed by atoms with E-state index in [9.17, 15) is 32.7 Å². The molecule has 2 aromatic carbocycles. The third kappa shape index (κ3) is 5.58. The van der Waals surface area contributed by atoms with Gasteiger partial charge in [0.1, 0.15) is 18.7 Å². The van der Waals surface area contributed by atoms with Crippen LogP contribution < -0.4 is 10.6 Å². The predicted octanol–water partition coefficient (Wildman–Crippen LogP) is 4.22. The van der Waals surface area contributed by atoms with Gasteiger partial charge in [-0.15, -0.1) is 0 Å². The highest BCUT2D eigenvalue weighted by Gasteiger charge is 2.40. The van der Waals surface area contributed by atoms with E-state index in [1.807, 2.05) is 53.8 Å². The van der Waals surface area contributed by atoms with Gasteiger partial charge in [0.15, 0.2) is 0 Å². The molecular weight excluding hydrogens is 465 g/mol. The number of hydrogen-bond acceptors (Lipinski definition) is 4. The van der Waals surface area contributed by atoms with E-state index in [1.165, 1.54) is 0 Å². The minimum absolute atomic E-state index is 0.139. The van der Waals surface area contributed by atoms with Crippen molar-refractivity contribution < 1.29 is 37.4 Å². The number of amides is 2. The molecule has 0 radical (unpaired) electrons. The molecule has 2 aromatic rings. The number of aliphatic carboxylic acids is 1. The van der Waals surface area contributed by atoms with Crippen molar-refractivity contribution in [2.45, 2.75) is 49.9 Å². The summed E-state index contributed by atoms with van der Waals surface area (Å²) in [5.41, 5.74) is 3.83. The first-order chi connectivity index (χ1) is 16.6. The molecule has 0 heterocycles. The van der Waals surface area contributed by atoms with Crippen LogP contribution in [0.25, 0.3) is 11.1 Å². The van der Waals surface area contributed by atoms with Gasteiger partial charge in [0.05, 0.1) is 6.42 Å². The number of rotatable bonds is 8. The van der Waals surface area contributed by atoms with Crippen LogP contribution in [-0.4, -0.2) is 47.9 Å². The number of hydrogen-bond donors (Lipinski definition) is 3. The first-order valence-corrected chi connectivity index (χ1v) is 11.4. The molecule has 0 bridgehead atoms. The molecule has 2 amide bonds. The van der Waals surface area contributed by atoms with Crippen molar-refractivity contribution in [1.82, 2.24) is 10.6 Å². The van der Waals surface area contributed by atoms with Gasteiger partial charge in [0.25, 0.3) is 0 Å². The van der Waals surface area contributed by atoms with Crippen LogP contribution in [0.4, 0.5) is 18.0 Å². The summed E-state index contributed by atoms with van der Waals surface area (Å²) < 4.78 is 44.6. The molecule has 0 aliphatic heterocycles. The summed E-state index contributed by atoms with van der Waals surface area (Å²) in [6.45, 7) is -0.139. The van der Waals surface area contributed by atoms with Crippen molar-refractivity contribution >= 4 is 18.0 Å². The second kappa shape index (κ2) is 9.97. The number of halogens is 3. The zero-order chi connectivity index (χ0) is 25.2. The van der Waals surface area contributed by atoms with Crippen LogP contribution >= 0.6 is 0 Å².